The Morgan fingerprint density at radius 3 is 2.82 bits per heavy atom. The molecular weight excluding hydrogens is 418 g/mol. The van der Waals surface area contributed by atoms with Crippen LogP contribution in [0.5, 0.6) is 5.75 Å². The van der Waals surface area contributed by atoms with Crippen molar-refractivity contribution in [2.24, 2.45) is 0 Å². The highest BCUT2D eigenvalue weighted by molar-refractivity contribution is 8.01. The molecule has 0 saturated heterocycles. The first-order valence-electron chi connectivity index (χ1n) is 8.48. The highest BCUT2D eigenvalue weighted by Gasteiger charge is 2.13. The van der Waals surface area contributed by atoms with E-state index >= 15 is 0 Å². The third-order valence-corrected chi connectivity index (χ3v) is 6.27. The molecule has 3 aromatic rings. The number of amides is 2. The summed E-state index contributed by atoms with van der Waals surface area (Å²) < 4.78 is 7.28. The number of para-hydroxylation sites is 1. The molecule has 0 aliphatic heterocycles. The molecule has 2 amide bonds. The maximum absolute atomic E-state index is 12.2. The quantitative estimate of drug-likeness (QED) is 0.328. The second-order valence-corrected chi connectivity index (χ2v) is 8.56. The monoisotopic (exact) mass is 435 g/mol. The summed E-state index contributed by atoms with van der Waals surface area (Å²) in [6, 6.07) is 12.7. The molecule has 0 radical (unpaired) electrons. The summed E-state index contributed by atoms with van der Waals surface area (Å²) in [6.45, 7) is 0. The number of hydrogen-bond donors (Lipinski definition) is 2. The molecule has 2 N–H and O–H groups in total. The van der Waals surface area contributed by atoms with E-state index in [0.29, 0.717) is 23.6 Å². The van der Waals surface area contributed by atoms with Gasteiger partial charge in [-0.1, -0.05) is 35.5 Å². The van der Waals surface area contributed by atoms with Crippen LogP contribution in [0.2, 0.25) is 5.02 Å². The van der Waals surface area contributed by atoms with Crippen LogP contribution in [0.4, 0.5) is 0 Å². The van der Waals surface area contributed by atoms with E-state index in [1.165, 1.54) is 13.2 Å². The molecule has 0 aliphatic rings. The number of thioether (sulfide) groups is 1. The standard InChI is InChI=1S/C19H18ClN3O3S2/c1-26-15-9-8-12(20)11-13(15)18(25)23-22-17(24)7-4-10-27-19-21-14-5-2-3-6-16(14)28-19/h2-3,5-6,8-9,11H,4,7,10H2,1H3,(H,22,24)(H,23,25). The third-order valence-electron chi connectivity index (χ3n) is 3.77. The average Bonchev–Trinajstić information content (AvgIpc) is 3.12. The molecule has 146 valence electrons. The number of nitrogens with zero attached hydrogens (tertiary/aromatic N) is 1. The van der Waals surface area contributed by atoms with Crippen LogP contribution in [0.15, 0.2) is 46.8 Å². The molecule has 0 bridgehead atoms. The first-order valence-corrected chi connectivity index (χ1v) is 10.7. The van der Waals surface area contributed by atoms with Crippen molar-refractivity contribution in [3.8, 4) is 5.75 Å². The predicted molar refractivity (Wildman–Crippen MR) is 113 cm³/mol. The first-order chi connectivity index (χ1) is 13.6. The van der Waals surface area contributed by atoms with Gasteiger partial charge in [-0.3, -0.25) is 20.4 Å². The number of thiazole rings is 1. The Kier molecular flexibility index (Phi) is 7.13. The van der Waals surface area contributed by atoms with Gasteiger partial charge in [-0.2, -0.15) is 0 Å². The fraction of sp³-hybridized carbons (Fsp3) is 0.211. The van der Waals surface area contributed by atoms with Crippen molar-refractivity contribution in [3.63, 3.8) is 0 Å². The largest absolute Gasteiger partial charge is 0.496 e. The van der Waals surface area contributed by atoms with Gasteiger partial charge in [0, 0.05) is 17.2 Å². The Hall–Kier alpha value is -2.29. The number of benzene rings is 2. The third kappa shape index (κ3) is 5.37. The number of ether oxygens (including phenoxy) is 1. The Morgan fingerprint density at radius 1 is 1.21 bits per heavy atom. The number of fused-ring (bicyclic) bond motifs is 1. The minimum atomic E-state index is -0.489. The molecule has 0 atom stereocenters. The van der Waals surface area contributed by atoms with Crippen LogP contribution in [0, 0.1) is 0 Å². The highest BCUT2D eigenvalue weighted by Crippen LogP contribution is 2.29. The Bertz CT molecular complexity index is 960. The van der Waals surface area contributed by atoms with Crippen molar-refractivity contribution < 1.29 is 14.3 Å². The zero-order valence-corrected chi connectivity index (χ0v) is 17.4. The van der Waals surface area contributed by atoms with Crippen molar-refractivity contribution in [2.75, 3.05) is 12.9 Å². The van der Waals surface area contributed by atoms with E-state index in [-0.39, 0.29) is 11.5 Å². The molecule has 0 spiro atoms. The summed E-state index contributed by atoms with van der Waals surface area (Å²) in [5.74, 6) is 0.391. The van der Waals surface area contributed by atoms with Crippen LogP contribution in [0.1, 0.15) is 23.2 Å². The molecule has 2 aromatic carbocycles. The maximum atomic E-state index is 12.2. The van der Waals surface area contributed by atoms with Gasteiger partial charge in [0.15, 0.2) is 4.34 Å². The number of halogens is 1. The molecule has 0 saturated carbocycles. The molecule has 28 heavy (non-hydrogen) atoms. The summed E-state index contributed by atoms with van der Waals surface area (Å²) >= 11 is 9.18. The molecule has 3 rings (SSSR count). The summed E-state index contributed by atoms with van der Waals surface area (Å²) in [4.78, 5) is 28.7. The van der Waals surface area contributed by atoms with Gasteiger partial charge in [-0.25, -0.2) is 4.98 Å². The van der Waals surface area contributed by atoms with Gasteiger partial charge in [-0.05, 0) is 36.8 Å². The van der Waals surface area contributed by atoms with E-state index in [0.717, 1.165) is 20.3 Å². The van der Waals surface area contributed by atoms with Gasteiger partial charge in [0.1, 0.15) is 5.75 Å². The Balaban J connectivity index is 1.41. The number of rotatable bonds is 7. The van der Waals surface area contributed by atoms with E-state index in [4.69, 9.17) is 16.3 Å². The number of nitrogens with one attached hydrogen (secondary N) is 2. The fourth-order valence-electron chi connectivity index (χ4n) is 2.42. The van der Waals surface area contributed by atoms with Crippen LogP contribution in [0.25, 0.3) is 10.2 Å². The SMILES string of the molecule is COc1ccc(Cl)cc1C(=O)NNC(=O)CCCSc1nc2ccccc2s1. The number of hydrazine groups is 1. The summed E-state index contributed by atoms with van der Waals surface area (Å²) in [7, 11) is 1.46. The minimum Gasteiger partial charge on any atom is -0.496 e. The Morgan fingerprint density at radius 2 is 2.04 bits per heavy atom. The van der Waals surface area contributed by atoms with E-state index in [1.54, 1.807) is 35.2 Å². The molecule has 1 aromatic heterocycles. The van der Waals surface area contributed by atoms with Crippen molar-refractivity contribution >= 4 is 56.7 Å². The molecule has 9 heteroatoms. The lowest BCUT2D eigenvalue weighted by molar-refractivity contribution is -0.121. The Labute approximate surface area is 175 Å². The van der Waals surface area contributed by atoms with E-state index in [1.807, 2.05) is 24.3 Å². The van der Waals surface area contributed by atoms with E-state index in [2.05, 4.69) is 15.8 Å². The van der Waals surface area contributed by atoms with Crippen molar-refractivity contribution in [3.05, 3.63) is 53.1 Å². The van der Waals surface area contributed by atoms with Crippen LogP contribution in [-0.2, 0) is 4.79 Å². The normalized spacial score (nSPS) is 10.6. The van der Waals surface area contributed by atoms with Crippen LogP contribution >= 0.6 is 34.7 Å². The molecule has 0 aliphatic carbocycles. The van der Waals surface area contributed by atoms with Crippen LogP contribution in [-0.4, -0.2) is 29.7 Å². The summed E-state index contributed by atoms with van der Waals surface area (Å²) in [5.41, 5.74) is 6.04. The van der Waals surface area contributed by atoms with Crippen molar-refractivity contribution in [1.29, 1.82) is 0 Å². The van der Waals surface area contributed by atoms with Gasteiger partial charge < -0.3 is 4.74 Å². The second-order valence-electron chi connectivity index (χ2n) is 5.75. The van der Waals surface area contributed by atoms with Gasteiger partial charge in [0.2, 0.25) is 5.91 Å². The second kappa shape index (κ2) is 9.77. The molecule has 0 fully saturated rings. The molecule has 0 unspecified atom stereocenters. The minimum absolute atomic E-state index is 0.252. The number of methoxy groups -OCH3 is 1. The van der Waals surface area contributed by atoms with Gasteiger partial charge >= 0.3 is 0 Å². The summed E-state index contributed by atoms with van der Waals surface area (Å²) in [6.07, 6.45) is 0.966. The van der Waals surface area contributed by atoms with E-state index in [9.17, 15) is 9.59 Å². The van der Waals surface area contributed by atoms with Gasteiger partial charge in [-0.15, -0.1) is 11.3 Å². The smallest absolute Gasteiger partial charge is 0.273 e. The van der Waals surface area contributed by atoms with Gasteiger partial charge in [0.05, 0.1) is 22.9 Å². The van der Waals surface area contributed by atoms with Crippen LogP contribution in [0.3, 0.4) is 0 Å². The first kappa shape index (κ1) is 20.4. The topological polar surface area (TPSA) is 80.3 Å². The molecular formula is C19H18ClN3O3S2. The average molecular weight is 436 g/mol. The van der Waals surface area contributed by atoms with Crippen molar-refractivity contribution in [2.45, 2.75) is 17.2 Å². The zero-order valence-electron chi connectivity index (χ0n) is 15.0. The van der Waals surface area contributed by atoms with Gasteiger partial charge in [0.25, 0.3) is 5.91 Å². The lowest BCUT2D eigenvalue weighted by atomic mass is 10.2. The lowest BCUT2D eigenvalue weighted by Gasteiger charge is -2.10. The van der Waals surface area contributed by atoms with Crippen LogP contribution < -0.4 is 15.6 Å². The lowest BCUT2D eigenvalue weighted by Crippen LogP contribution is -2.41. The number of carbonyl (C=O) groups is 2. The fourth-order valence-corrected chi connectivity index (χ4v) is 4.67. The number of aromatic nitrogens is 1. The number of carbonyl (C=O) groups excluding carboxylic acids is 2. The molecule has 1 heterocycles. The molecule has 6 nitrogen and oxygen atoms in total. The maximum Gasteiger partial charge on any atom is 0.273 e. The van der Waals surface area contributed by atoms with Crippen molar-refractivity contribution in [1.82, 2.24) is 15.8 Å². The van der Waals surface area contributed by atoms with E-state index < -0.39 is 5.91 Å². The zero-order chi connectivity index (χ0) is 19.9. The summed E-state index contributed by atoms with van der Waals surface area (Å²) in [5, 5.41) is 0.407. The number of hydrogen-bond acceptors (Lipinski definition) is 6. The highest BCUT2D eigenvalue weighted by atomic mass is 35.5. The predicted octanol–water partition coefficient (Wildman–Crippen LogP) is 4.29.